The summed E-state index contributed by atoms with van der Waals surface area (Å²) >= 11 is 0. The molecule has 0 radical (unpaired) electrons. The van der Waals surface area contributed by atoms with E-state index in [9.17, 15) is 22.8 Å². The van der Waals surface area contributed by atoms with Gasteiger partial charge in [0.1, 0.15) is 11.6 Å². The molecule has 0 aliphatic carbocycles. The molecule has 3 rings (SSSR count). The third-order valence-corrected chi connectivity index (χ3v) is 6.08. The monoisotopic (exact) mass is 380 g/mol. The van der Waals surface area contributed by atoms with E-state index in [1.165, 1.54) is 18.2 Å². The van der Waals surface area contributed by atoms with Crippen LogP contribution >= 0.6 is 0 Å². The van der Waals surface area contributed by atoms with Crippen molar-refractivity contribution in [2.24, 2.45) is 0 Å². The van der Waals surface area contributed by atoms with E-state index in [-0.39, 0.29) is 22.7 Å². The van der Waals surface area contributed by atoms with E-state index in [0.717, 1.165) is 4.31 Å². The van der Waals surface area contributed by atoms with Gasteiger partial charge in [0.25, 0.3) is 11.7 Å². The van der Waals surface area contributed by atoms with Crippen LogP contribution in [0.5, 0.6) is 0 Å². The number of hydrogen-bond acceptors (Lipinski definition) is 6. The van der Waals surface area contributed by atoms with Gasteiger partial charge < -0.3 is 10.1 Å². The van der Waals surface area contributed by atoms with Crippen LogP contribution in [0.2, 0.25) is 0 Å². The van der Waals surface area contributed by atoms with Crippen LogP contribution in [0.25, 0.3) is 0 Å². The van der Waals surface area contributed by atoms with Crippen molar-refractivity contribution in [3.05, 3.63) is 23.8 Å². The molecule has 26 heavy (non-hydrogen) atoms. The average Bonchev–Trinajstić information content (AvgIpc) is 3.12. The summed E-state index contributed by atoms with van der Waals surface area (Å²) in [6.45, 7) is 5.34. The summed E-state index contributed by atoms with van der Waals surface area (Å²) in [5.41, 5.74) is -0.422. The Morgan fingerprint density at radius 3 is 2.62 bits per heavy atom. The number of nitrogens with zero attached hydrogens (tertiary/aromatic N) is 1. The molecule has 1 fully saturated rings. The van der Waals surface area contributed by atoms with Gasteiger partial charge >= 0.3 is 5.97 Å². The van der Waals surface area contributed by atoms with E-state index < -0.39 is 39.3 Å². The fourth-order valence-electron chi connectivity index (χ4n) is 3.05. The van der Waals surface area contributed by atoms with E-state index in [0.29, 0.717) is 12.8 Å². The molecule has 0 unspecified atom stereocenters. The second-order valence-corrected chi connectivity index (χ2v) is 9.19. The van der Waals surface area contributed by atoms with Gasteiger partial charge in [-0.25, -0.2) is 8.42 Å². The van der Waals surface area contributed by atoms with Crippen LogP contribution in [0.4, 0.5) is 5.69 Å². The molecule has 1 aromatic rings. The highest BCUT2D eigenvalue weighted by molar-refractivity contribution is 7.89. The normalized spacial score (nSPS) is 20.8. The van der Waals surface area contributed by atoms with Crippen molar-refractivity contribution in [2.45, 2.75) is 50.2 Å². The van der Waals surface area contributed by atoms with Gasteiger partial charge in [0, 0.05) is 6.54 Å². The number of rotatable bonds is 3. The molecule has 0 saturated carbocycles. The number of anilines is 1. The summed E-state index contributed by atoms with van der Waals surface area (Å²) in [4.78, 5) is 35.5. The van der Waals surface area contributed by atoms with Gasteiger partial charge in [-0.3, -0.25) is 14.4 Å². The first-order chi connectivity index (χ1) is 12.0. The highest BCUT2D eigenvalue weighted by Gasteiger charge is 2.42. The number of carbonyl (C=O) groups is 3. The number of amides is 1. The Hall–Kier alpha value is -2.26. The minimum absolute atomic E-state index is 0.0177. The molecule has 1 aromatic carbocycles. The quantitative estimate of drug-likeness (QED) is 0.625. The molecule has 9 heteroatoms. The van der Waals surface area contributed by atoms with Crippen LogP contribution in [-0.4, -0.2) is 48.6 Å². The summed E-state index contributed by atoms with van der Waals surface area (Å²) in [6, 6.07) is 2.97. The Bertz CT molecular complexity index is 900. The number of fused-ring (bicyclic) bond motifs is 1. The van der Waals surface area contributed by atoms with E-state index in [4.69, 9.17) is 4.74 Å². The molecule has 1 N–H and O–H groups in total. The van der Waals surface area contributed by atoms with Crippen molar-refractivity contribution in [3.8, 4) is 0 Å². The number of benzene rings is 1. The third kappa shape index (κ3) is 3.24. The molecular weight excluding hydrogens is 360 g/mol. The number of ketones is 1. The molecule has 2 aliphatic heterocycles. The van der Waals surface area contributed by atoms with Gasteiger partial charge in [-0.05, 0) is 51.8 Å². The minimum Gasteiger partial charge on any atom is -0.459 e. The van der Waals surface area contributed by atoms with Crippen LogP contribution < -0.4 is 5.32 Å². The summed E-state index contributed by atoms with van der Waals surface area (Å²) in [6.07, 6.45) is 0.908. The SMILES string of the molecule is CC(C)(C)OC(=O)[C@@H]1CCCN1S(=O)(=O)c1ccc2c(c1)C(=O)C(=O)N2. The van der Waals surface area contributed by atoms with E-state index in [1.54, 1.807) is 20.8 Å². The van der Waals surface area contributed by atoms with Crippen LogP contribution in [0.3, 0.4) is 0 Å². The molecule has 0 bridgehead atoms. The van der Waals surface area contributed by atoms with Crippen molar-refractivity contribution in [1.29, 1.82) is 0 Å². The van der Waals surface area contributed by atoms with Crippen LogP contribution in [0, 0.1) is 0 Å². The Balaban J connectivity index is 1.92. The van der Waals surface area contributed by atoms with E-state index >= 15 is 0 Å². The molecule has 2 aliphatic rings. The number of esters is 1. The zero-order valence-corrected chi connectivity index (χ0v) is 15.6. The van der Waals surface area contributed by atoms with Crippen LogP contribution in [0.15, 0.2) is 23.1 Å². The molecule has 140 valence electrons. The van der Waals surface area contributed by atoms with Gasteiger partial charge in [0.15, 0.2) is 0 Å². The van der Waals surface area contributed by atoms with Gasteiger partial charge in [0.2, 0.25) is 10.0 Å². The first kappa shape index (κ1) is 18.5. The molecule has 1 saturated heterocycles. The lowest BCUT2D eigenvalue weighted by Gasteiger charge is -2.27. The second kappa shape index (κ2) is 6.17. The summed E-state index contributed by atoms with van der Waals surface area (Å²) in [5.74, 6) is -2.16. The lowest BCUT2D eigenvalue weighted by Crippen LogP contribution is -2.43. The Kier molecular flexibility index (Phi) is 4.40. The lowest BCUT2D eigenvalue weighted by molar-refractivity contribution is -0.158. The number of nitrogens with one attached hydrogen (secondary N) is 1. The fourth-order valence-corrected chi connectivity index (χ4v) is 4.72. The largest absolute Gasteiger partial charge is 0.459 e. The maximum atomic E-state index is 13.0. The standard InChI is InChI=1S/C17H20N2O6S/c1-17(2,3)25-16(22)13-5-4-8-19(13)26(23,24)10-6-7-12-11(9-10)14(20)15(21)18-12/h6-7,9,13H,4-5,8H2,1-3H3,(H,18,20,21)/t13-/m0/s1. The maximum Gasteiger partial charge on any atom is 0.324 e. The molecule has 1 atom stereocenters. The Morgan fingerprint density at radius 2 is 1.96 bits per heavy atom. The molecule has 0 spiro atoms. The van der Waals surface area contributed by atoms with Crippen molar-refractivity contribution in [2.75, 3.05) is 11.9 Å². The van der Waals surface area contributed by atoms with Crippen LogP contribution in [0.1, 0.15) is 44.0 Å². The Labute approximate surface area is 151 Å². The van der Waals surface area contributed by atoms with Gasteiger partial charge in [-0.15, -0.1) is 0 Å². The van der Waals surface area contributed by atoms with Gasteiger partial charge in [-0.2, -0.15) is 4.31 Å². The Morgan fingerprint density at radius 1 is 1.27 bits per heavy atom. The van der Waals surface area contributed by atoms with E-state index in [1.807, 2.05) is 0 Å². The highest BCUT2D eigenvalue weighted by atomic mass is 32.2. The molecule has 8 nitrogen and oxygen atoms in total. The van der Waals surface area contributed by atoms with Gasteiger partial charge in [0.05, 0.1) is 16.1 Å². The average molecular weight is 380 g/mol. The molecule has 1 amide bonds. The van der Waals surface area contributed by atoms with Crippen molar-refractivity contribution >= 4 is 33.4 Å². The number of sulfonamides is 1. The van der Waals surface area contributed by atoms with Gasteiger partial charge in [-0.1, -0.05) is 0 Å². The predicted octanol–water partition coefficient (Wildman–Crippen LogP) is 1.32. The third-order valence-electron chi connectivity index (χ3n) is 4.18. The molecule has 2 heterocycles. The zero-order valence-electron chi connectivity index (χ0n) is 14.7. The predicted molar refractivity (Wildman–Crippen MR) is 92.2 cm³/mol. The number of hydrogen-bond donors (Lipinski definition) is 1. The summed E-state index contributed by atoms with van der Waals surface area (Å²) in [7, 11) is -4.01. The first-order valence-electron chi connectivity index (χ1n) is 8.25. The molecule has 0 aromatic heterocycles. The van der Waals surface area contributed by atoms with Crippen molar-refractivity contribution < 1.29 is 27.5 Å². The number of carbonyl (C=O) groups excluding carboxylic acids is 3. The first-order valence-corrected chi connectivity index (χ1v) is 9.69. The minimum atomic E-state index is -4.01. The zero-order chi connectivity index (χ0) is 19.3. The van der Waals surface area contributed by atoms with E-state index in [2.05, 4.69) is 5.32 Å². The van der Waals surface area contributed by atoms with Crippen LogP contribution in [-0.2, 0) is 24.3 Å². The smallest absolute Gasteiger partial charge is 0.324 e. The topological polar surface area (TPSA) is 110 Å². The maximum absolute atomic E-state index is 13.0. The molecular formula is C17H20N2O6S. The second-order valence-electron chi connectivity index (χ2n) is 7.30. The van der Waals surface area contributed by atoms with Crippen molar-refractivity contribution in [3.63, 3.8) is 0 Å². The highest BCUT2D eigenvalue weighted by Crippen LogP contribution is 2.31. The number of Topliss-reactive ketones (excluding diaryl/α,β-unsaturated/α-hetero) is 1. The summed E-state index contributed by atoms with van der Waals surface area (Å²) < 4.78 is 32.5. The fraction of sp³-hybridized carbons (Fsp3) is 0.471. The van der Waals surface area contributed by atoms with Crippen molar-refractivity contribution in [1.82, 2.24) is 4.31 Å². The summed E-state index contributed by atoms with van der Waals surface area (Å²) in [5, 5.41) is 2.38. The number of ether oxygens (including phenoxy) is 1. The lowest BCUT2D eigenvalue weighted by atomic mass is 10.1.